The number of para-hydroxylation sites is 3. The Morgan fingerprint density at radius 3 is 1.10 bits per heavy atom. The second-order valence-corrected chi connectivity index (χ2v) is 39.1. The van der Waals surface area contributed by atoms with Gasteiger partial charge < -0.3 is 46.1 Å². The van der Waals surface area contributed by atoms with Gasteiger partial charge in [0.2, 0.25) is 0 Å². The summed E-state index contributed by atoms with van der Waals surface area (Å²) >= 11 is 0. The third kappa shape index (κ3) is 27.1. The van der Waals surface area contributed by atoms with E-state index in [-0.39, 0.29) is 16.2 Å². The molecule has 0 saturated carbocycles. The molecule has 496 valence electrons. The SMILES string of the molecule is CC(C)(C)c1ccc(OC(=O)Oc2ccccc2)cc1.CCCC[Si](C)(C)O[Si](C)(C)O[Si](C)(C)CCCc1ccc(OC(=O)Oc2ccc(C(C)(C)c3ccccc3)cc2)c(OC)c1.COc1ccccc1OC(=O)Oc1ccc(C(C)(C)C)cc1.c1ccccc1. The molecule has 8 aromatic carbocycles. The van der Waals surface area contributed by atoms with Crippen LogP contribution in [0.25, 0.3) is 0 Å². The molecule has 93 heavy (non-hydrogen) atoms. The summed E-state index contributed by atoms with van der Waals surface area (Å²) < 4.78 is 55.7. The van der Waals surface area contributed by atoms with E-state index in [1.54, 1.807) is 98.1 Å². The van der Waals surface area contributed by atoms with Gasteiger partial charge in [-0.05, 0) is 176 Å². The summed E-state index contributed by atoms with van der Waals surface area (Å²) in [6.45, 7) is 33.0. The highest BCUT2D eigenvalue weighted by Crippen LogP contribution is 2.35. The smallest absolute Gasteiger partial charge is 0.493 e. The van der Waals surface area contributed by atoms with Gasteiger partial charge in [-0.3, -0.25) is 0 Å². The number of hydrogen-bond donors (Lipinski definition) is 0. The molecule has 8 rings (SSSR count). The number of hydrogen-bond acceptors (Lipinski definition) is 13. The van der Waals surface area contributed by atoms with Gasteiger partial charge in [-0.2, -0.15) is 0 Å². The zero-order valence-corrected chi connectivity index (χ0v) is 60.8. The largest absolute Gasteiger partial charge is 0.519 e. The van der Waals surface area contributed by atoms with Crippen molar-refractivity contribution in [3.05, 3.63) is 240 Å². The lowest BCUT2D eigenvalue weighted by atomic mass is 9.78. The summed E-state index contributed by atoms with van der Waals surface area (Å²) in [6.07, 6.45) is 1.97. The van der Waals surface area contributed by atoms with Crippen molar-refractivity contribution in [2.75, 3.05) is 14.2 Å². The van der Waals surface area contributed by atoms with Crippen molar-refractivity contribution in [1.82, 2.24) is 0 Å². The lowest BCUT2D eigenvalue weighted by Crippen LogP contribution is -2.52. The lowest BCUT2D eigenvalue weighted by Gasteiger charge is -2.38. The molecule has 8 aromatic rings. The minimum absolute atomic E-state index is 0.0520. The Morgan fingerprint density at radius 1 is 0.355 bits per heavy atom. The van der Waals surface area contributed by atoms with E-state index in [9.17, 15) is 14.4 Å². The van der Waals surface area contributed by atoms with E-state index in [0.717, 1.165) is 35.6 Å². The zero-order valence-electron chi connectivity index (χ0n) is 57.8. The Balaban J connectivity index is 0.000000268. The molecule has 0 atom stereocenters. The van der Waals surface area contributed by atoms with E-state index in [0.29, 0.717) is 46.0 Å². The molecule has 0 spiro atoms. The van der Waals surface area contributed by atoms with Crippen LogP contribution in [0.4, 0.5) is 14.4 Å². The first-order valence-corrected chi connectivity index (χ1v) is 40.8. The number of aryl methyl sites for hydroxylation is 1. The summed E-state index contributed by atoms with van der Waals surface area (Å²) in [7, 11) is -2.73. The van der Waals surface area contributed by atoms with E-state index >= 15 is 0 Å². The van der Waals surface area contributed by atoms with Crippen molar-refractivity contribution in [2.45, 2.75) is 156 Å². The van der Waals surface area contributed by atoms with E-state index in [1.165, 1.54) is 37.1 Å². The molecule has 16 heteroatoms. The summed E-state index contributed by atoms with van der Waals surface area (Å²) in [5.41, 5.74) is 5.75. The summed E-state index contributed by atoms with van der Waals surface area (Å²) in [6, 6.07) is 68.3. The average Bonchev–Trinajstić information content (AvgIpc) is 0.882. The predicted octanol–water partition coefficient (Wildman–Crippen LogP) is 21.3. The number of carbonyl (C=O) groups is 3. The fourth-order valence-corrected chi connectivity index (χ4v) is 24.2. The standard InChI is InChI=1S/C36H54O6Si3.C18H20O4.C17H18O3.C6H6/c1-11-12-26-43(5,6)41-45(9,10)42-44(7,8)27-16-17-29-20-25-33(34(28-29)38-4)40-35(37)39-32-23-21-31(22-24-32)36(2,3)30-18-14-13-15-19-30;1-18(2,3)13-9-11-14(12-10-13)21-17(19)22-16-8-6-5-7-15(16)20-4;1-17(2,3)13-9-11-15(12-10-13)20-16(18)19-14-7-5-4-6-8-14;1-2-4-6-5-3-1/h13-15,18-25,28H,11-12,16-17,26-27H2,1-10H3;5-12H,1-4H3;4-12H,1-3H3;1-6H. The third-order valence-electron chi connectivity index (χ3n) is 14.8. The summed E-state index contributed by atoms with van der Waals surface area (Å²) in [4.78, 5) is 36.1. The quantitative estimate of drug-likeness (QED) is 0.0383. The summed E-state index contributed by atoms with van der Waals surface area (Å²) in [5.74, 6) is 3.41. The van der Waals surface area contributed by atoms with Crippen molar-refractivity contribution >= 4 is 43.7 Å². The van der Waals surface area contributed by atoms with Gasteiger partial charge in [-0.25, -0.2) is 14.4 Å². The Hall–Kier alpha value is -8.26. The van der Waals surface area contributed by atoms with Crippen molar-refractivity contribution < 1.29 is 60.5 Å². The molecule has 0 heterocycles. The second kappa shape index (κ2) is 35.7. The maximum atomic E-state index is 12.7. The first-order valence-electron chi connectivity index (χ1n) is 31.7. The number of ether oxygens (including phenoxy) is 8. The fraction of sp³-hybridized carbons (Fsp3) is 0.338. The molecule has 0 aliphatic heterocycles. The number of benzene rings is 8. The fourth-order valence-electron chi connectivity index (χ4n) is 9.94. The monoisotopic (exact) mass is 1310 g/mol. The van der Waals surface area contributed by atoms with Gasteiger partial charge in [0.25, 0.3) is 0 Å². The normalized spacial score (nSPS) is 11.5. The number of unbranched alkanes of at least 4 members (excludes halogenated alkanes) is 1. The van der Waals surface area contributed by atoms with Crippen molar-refractivity contribution in [3.8, 4) is 46.0 Å². The molecule has 0 fully saturated rings. The topological polar surface area (TPSA) is 144 Å². The molecule has 0 amide bonds. The van der Waals surface area contributed by atoms with Crippen LogP contribution in [0.3, 0.4) is 0 Å². The zero-order chi connectivity index (χ0) is 68.3. The molecule has 13 nitrogen and oxygen atoms in total. The van der Waals surface area contributed by atoms with E-state index in [2.05, 4.69) is 114 Å². The number of methoxy groups -OCH3 is 2. The van der Waals surface area contributed by atoms with Crippen LogP contribution < -0.4 is 37.9 Å². The minimum Gasteiger partial charge on any atom is -0.493 e. The van der Waals surface area contributed by atoms with Gasteiger partial charge in [0.15, 0.2) is 39.6 Å². The molecule has 0 unspecified atom stereocenters. The molecular weight excluding hydrogens is 1220 g/mol. The van der Waals surface area contributed by atoms with E-state index in [1.807, 2.05) is 109 Å². The Morgan fingerprint density at radius 2 is 0.688 bits per heavy atom. The molecule has 0 radical (unpaired) electrons. The Kier molecular flexibility index (Phi) is 29.0. The van der Waals surface area contributed by atoms with Gasteiger partial charge in [0, 0.05) is 5.41 Å². The number of carbonyl (C=O) groups excluding carboxylic acids is 3. The van der Waals surface area contributed by atoms with Crippen LogP contribution in [-0.2, 0) is 30.9 Å². The van der Waals surface area contributed by atoms with Crippen LogP contribution in [0.15, 0.2) is 212 Å². The van der Waals surface area contributed by atoms with Crippen LogP contribution >= 0.6 is 0 Å². The molecule has 0 N–H and O–H groups in total. The first kappa shape index (κ1) is 75.5. The molecule has 0 aromatic heterocycles. The second-order valence-electron chi connectivity index (χ2n) is 26.6. The molecular formula is C77H98O13Si3. The van der Waals surface area contributed by atoms with Gasteiger partial charge >= 0.3 is 27.0 Å². The first-order chi connectivity index (χ1) is 43.9. The van der Waals surface area contributed by atoms with Crippen LogP contribution in [-0.4, -0.2) is 57.9 Å². The van der Waals surface area contributed by atoms with Crippen LogP contribution in [0.1, 0.15) is 109 Å². The van der Waals surface area contributed by atoms with Gasteiger partial charge in [-0.1, -0.05) is 215 Å². The van der Waals surface area contributed by atoms with Crippen molar-refractivity contribution in [1.29, 1.82) is 0 Å². The number of rotatable bonds is 21. The van der Waals surface area contributed by atoms with E-state index in [4.69, 9.17) is 46.1 Å². The van der Waals surface area contributed by atoms with Crippen molar-refractivity contribution in [3.63, 3.8) is 0 Å². The van der Waals surface area contributed by atoms with Crippen LogP contribution in [0.2, 0.25) is 51.4 Å². The van der Waals surface area contributed by atoms with Gasteiger partial charge in [-0.15, -0.1) is 0 Å². The highest BCUT2D eigenvalue weighted by Gasteiger charge is 2.39. The lowest BCUT2D eigenvalue weighted by molar-refractivity contribution is 0.149. The maximum absolute atomic E-state index is 12.7. The van der Waals surface area contributed by atoms with Gasteiger partial charge in [0.05, 0.1) is 14.2 Å². The van der Waals surface area contributed by atoms with Crippen molar-refractivity contribution in [2.24, 2.45) is 0 Å². The van der Waals surface area contributed by atoms with Gasteiger partial charge in [0.1, 0.15) is 23.0 Å². The third-order valence-corrected chi connectivity index (χ3v) is 26.3. The molecule has 0 aliphatic carbocycles. The molecule has 0 bridgehead atoms. The highest BCUT2D eigenvalue weighted by molar-refractivity contribution is 6.87. The molecule has 0 aliphatic rings. The average molecular weight is 1320 g/mol. The van der Waals surface area contributed by atoms with E-state index < -0.39 is 43.7 Å². The predicted molar refractivity (Wildman–Crippen MR) is 382 cm³/mol. The highest BCUT2D eigenvalue weighted by atomic mass is 28.5. The summed E-state index contributed by atoms with van der Waals surface area (Å²) in [5, 5.41) is 0. The minimum atomic E-state index is -2.20. The molecule has 0 saturated heterocycles. The Bertz CT molecular complexity index is 3480. The van der Waals surface area contributed by atoms with Crippen LogP contribution in [0.5, 0.6) is 46.0 Å². The van der Waals surface area contributed by atoms with Crippen LogP contribution in [0, 0.1) is 0 Å². The maximum Gasteiger partial charge on any atom is 0.519 e. The Labute approximate surface area is 557 Å².